The Hall–Kier alpha value is -2.78. The summed E-state index contributed by atoms with van der Waals surface area (Å²) >= 11 is 1.42. The molecule has 0 bridgehead atoms. The van der Waals surface area contributed by atoms with Crippen LogP contribution in [0.3, 0.4) is 0 Å². The molecule has 2 heterocycles. The average Bonchev–Trinajstić information content (AvgIpc) is 3.19. The van der Waals surface area contributed by atoms with Gasteiger partial charge in [0, 0.05) is 36.4 Å². The quantitative estimate of drug-likeness (QED) is 0.571. The maximum Gasteiger partial charge on any atom is 0.274 e. The number of anilines is 1. The van der Waals surface area contributed by atoms with Gasteiger partial charge in [-0.3, -0.25) is 24.6 Å². The number of hydrogen-bond acceptors (Lipinski definition) is 6. The molecule has 2 amide bonds. The van der Waals surface area contributed by atoms with Crippen LogP contribution in [-0.4, -0.2) is 47.3 Å². The Morgan fingerprint density at radius 1 is 1.29 bits per heavy atom. The lowest BCUT2D eigenvalue weighted by molar-refractivity contribution is -0.385. The van der Waals surface area contributed by atoms with Crippen molar-refractivity contribution in [2.24, 2.45) is 0 Å². The van der Waals surface area contributed by atoms with Crippen LogP contribution >= 0.6 is 11.3 Å². The second kappa shape index (κ2) is 8.94. The van der Waals surface area contributed by atoms with Crippen molar-refractivity contribution in [1.82, 2.24) is 10.2 Å². The lowest BCUT2D eigenvalue weighted by Gasteiger charge is -2.31. The van der Waals surface area contributed by atoms with Crippen LogP contribution in [0.5, 0.6) is 0 Å². The SMILES string of the molecule is Cc1ccc(NC(=O)CN2CCC(NC(=O)c3cccs3)CC2)cc1[N+](=O)[O-]. The summed E-state index contributed by atoms with van der Waals surface area (Å²) in [7, 11) is 0. The Balaban J connectivity index is 1.45. The molecule has 1 saturated heterocycles. The van der Waals surface area contributed by atoms with Gasteiger partial charge in [-0.25, -0.2) is 0 Å². The molecule has 0 radical (unpaired) electrons. The zero-order chi connectivity index (χ0) is 20.1. The molecule has 2 N–H and O–H groups in total. The summed E-state index contributed by atoms with van der Waals surface area (Å²) < 4.78 is 0. The summed E-state index contributed by atoms with van der Waals surface area (Å²) in [5.74, 6) is -0.258. The normalized spacial score (nSPS) is 15.2. The number of piperidine rings is 1. The Labute approximate surface area is 166 Å². The fourth-order valence-corrected chi connectivity index (χ4v) is 3.81. The van der Waals surface area contributed by atoms with E-state index in [2.05, 4.69) is 10.6 Å². The number of benzene rings is 1. The van der Waals surface area contributed by atoms with Crippen LogP contribution in [0, 0.1) is 17.0 Å². The van der Waals surface area contributed by atoms with Crippen LogP contribution in [0.25, 0.3) is 0 Å². The molecule has 28 heavy (non-hydrogen) atoms. The highest BCUT2D eigenvalue weighted by Gasteiger charge is 2.23. The highest BCUT2D eigenvalue weighted by molar-refractivity contribution is 7.12. The summed E-state index contributed by atoms with van der Waals surface area (Å²) in [6.07, 6.45) is 1.56. The molecule has 1 fully saturated rings. The first-order valence-electron chi connectivity index (χ1n) is 9.04. The van der Waals surface area contributed by atoms with Gasteiger partial charge < -0.3 is 10.6 Å². The number of aryl methyl sites for hydroxylation is 1. The molecule has 1 aromatic heterocycles. The molecule has 1 aliphatic rings. The molecule has 0 spiro atoms. The van der Waals surface area contributed by atoms with Crippen molar-refractivity contribution in [3.8, 4) is 0 Å². The minimum Gasteiger partial charge on any atom is -0.349 e. The average molecular weight is 402 g/mol. The van der Waals surface area contributed by atoms with Gasteiger partial charge in [-0.2, -0.15) is 0 Å². The third kappa shape index (κ3) is 5.14. The smallest absolute Gasteiger partial charge is 0.274 e. The van der Waals surface area contributed by atoms with Crippen LogP contribution in [-0.2, 0) is 4.79 Å². The van der Waals surface area contributed by atoms with E-state index >= 15 is 0 Å². The van der Waals surface area contributed by atoms with Crippen molar-refractivity contribution in [2.45, 2.75) is 25.8 Å². The number of thiophene rings is 1. The lowest BCUT2D eigenvalue weighted by Crippen LogP contribution is -2.46. The number of nitro benzene ring substituents is 1. The van der Waals surface area contributed by atoms with E-state index in [1.165, 1.54) is 17.4 Å². The molecule has 1 aromatic carbocycles. The number of nitro groups is 1. The minimum atomic E-state index is -0.458. The Morgan fingerprint density at radius 3 is 2.68 bits per heavy atom. The molecule has 3 rings (SSSR count). The molecular formula is C19H22N4O4S. The van der Waals surface area contributed by atoms with E-state index in [-0.39, 0.29) is 30.1 Å². The van der Waals surface area contributed by atoms with E-state index in [1.807, 2.05) is 16.3 Å². The molecular weight excluding hydrogens is 380 g/mol. The third-order valence-electron chi connectivity index (χ3n) is 4.72. The van der Waals surface area contributed by atoms with Crippen molar-refractivity contribution in [1.29, 1.82) is 0 Å². The van der Waals surface area contributed by atoms with E-state index < -0.39 is 4.92 Å². The monoisotopic (exact) mass is 402 g/mol. The lowest BCUT2D eigenvalue weighted by atomic mass is 10.0. The number of nitrogens with zero attached hydrogens (tertiary/aromatic N) is 2. The van der Waals surface area contributed by atoms with Crippen molar-refractivity contribution in [2.75, 3.05) is 25.0 Å². The maximum atomic E-state index is 12.3. The summed E-state index contributed by atoms with van der Waals surface area (Å²) in [6.45, 7) is 3.28. The molecule has 0 aliphatic carbocycles. The van der Waals surface area contributed by atoms with Crippen molar-refractivity contribution < 1.29 is 14.5 Å². The van der Waals surface area contributed by atoms with E-state index in [0.717, 1.165) is 12.8 Å². The maximum absolute atomic E-state index is 12.3. The van der Waals surface area contributed by atoms with Gasteiger partial charge in [0.1, 0.15) is 0 Å². The standard InChI is InChI=1S/C19H22N4O4S/c1-13-4-5-15(11-16(13)23(26)27)20-18(24)12-22-8-6-14(7-9-22)21-19(25)17-3-2-10-28-17/h2-5,10-11,14H,6-9,12H2,1H3,(H,20,24)(H,21,25). The summed E-state index contributed by atoms with van der Waals surface area (Å²) in [4.78, 5) is 37.7. The number of amides is 2. The topological polar surface area (TPSA) is 105 Å². The highest BCUT2D eigenvalue weighted by Crippen LogP contribution is 2.22. The van der Waals surface area contributed by atoms with Gasteiger partial charge in [0.15, 0.2) is 0 Å². The molecule has 2 aromatic rings. The van der Waals surface area contributed by atoms with Crippen molar-refractivity contribution in [3.05, 3.63) is 56.3 Å². The van der Waals surface area contributed by atoms with Crippen LogP contribution in [0.15, 0.2) is 35.7 Å². The number of rotatable bonds is 6. The Bertz CT molecular complexity index is 861. The summed E-state index contributed by atoms with van der Waals surface area (Å²) in [5, 5.41) is 18.6. The van der Waals surface area contributed by atoms with E-state index in [9.17, 15) is 19.7 Å². The van der Waals surface area contributed by atoms with E-state index in [4.69, 9.17) is 0 Å². The predicted molar refractivity (Wildman–Crippen MR) is 108 cm³/mol. The van der Waals surface area contributed by atoms with Gasteiger partial charge >= 0.3 is 0 Å². The molecule has 8 nitrogen and oxygen atoms in total. The van der Waals surface area contributed by atoms with Crippen LogP contribution in [0.2, 0.25) is 0 Å². The predicted octanol–water partition coefficient (Wildman–Crippen LogP) is 2.80. The minimum absolute atomic E-state index is 0.0138. The zero-order valence-corrected chi connectivity index (χ0v) is 16.3. The number of carbonyl (C=O) groups excluding carboxylic acids is 2. The van der Waals surface area contributed by atoms with Gasteiger partial charge in [0.25, 0.3) is 11.6 Å². The van der Waals surface area contributed by atoms with Crippen molar-refractivity contribution >= 4 is 34.5 Å². The van der Waals surface area contributed by atoms with Crippen molar-refractivity contribution in [3.63, 3.8) is 0 Å². The second-order valence-electron chi connectivity index (χ2n) is 6.81. The number of likely N-dealkylation sites (tertiary alicyclic amines) is 1. The van der Waals surface area contributed by atoms with E-state index in [1.54, 1.807) is 25.1 Å². The first-order valence-corrected chi connectivity index (χ1v) is 9.92. The fourth-order valence-electron chi connectivity index (χ4n) is 3.19. The van der Waals surface area contributed by atoms with Gasteiger partial charge in [0.2, 0.25) is 5.91 Å². The summed E-state index contributed by atoms with van der Waals surface area (Å²) in [6, 6.07) is 8.41. The van der Waals surface area contributed by atoms with Crippen LogP contribution in [0.1, 0.15) is 28.1 Å². The van der Waals surface area contributed by atoms with Crippen LogP contribution < -0.4 is 10.6 Å². The molecule has 1 aliphatic heterocycles. The van der Waals surface area contributed by atoms with Gasteiger partial charge in [-0.05, 0) is 37.3 Å². The molecule has 0 unspecified atom stereocenters. The molecule has 0 atom stereocenters. The fraction of sp³-hybridized carbons (Fsp3) is 0.368. The third-order valence-corrected chi connectivity index (χ3v) is 5.59. The van der Waals surface area contributed by atoms with Gasteiger partial charge in [-0.1, -0.05) is 12.1 Å². The Kier molecular flexibility index (Phi) is 6.37. The summed E-state index contributed by atoms with van der Waals surface area (Å²) in [5.41, 5.74) is 0.954. The number of hydrogen-bond donors (Lipinski definition) is 2. The van der Waals surface area contributed by atoms with Gasteiger partial charge in [0.05, 0.1) is 16.3 Å². The zero-order valence-electron chi connectivity index (χ0n) is 15.5. The van der Waals surface area contributed by atoms with Crippen LogP contribution in [0.4, 0.5) is 11.4 Å². The molecule has 0 saturated carbocycles. The largest absolute Gasteiger partial charge is 0.349 e. The number of nitrogens with one attached hydrogen (secondary N) is 2. The first kappa shape index (κ1) is 20.0. The van der Waals surface area contributed by atoms with E-state index in [0.29, 0.717) is 29.2 Å². The highest BCUT2D eigenvalue weighted by atomic mass is 32.1. The van der Waals surface area contributed by atoms with Gasteiger partial charge in [-0.15, -0.1) is 11.3 Å². The second-order valence-corrected chi connectivity index (χ2v) is 7.76. The molecule has 148 valence electrons. The molecule has 9 heteroatoms. The Morgan fingerprint density at radius 2 is 2.04 bits per heavy atom. The first-order chi connectivity index (χ1) is 13.4. The number of carbonyl (C=O) groups is 2.